The van der Waals surface area contributed by atoms with Crippen LogP contribution in [0.1, 0.15) is 53.4 Å². The fraction of sp³-hybridized carbons (Fsp3) is 0.480. The van der Waals surface area contributed by atoms with Gasteiger partial charge in [0.15, 0.2) is 21.5 Å². The normalized spacial score (nSPS) is 20.6. The first-order valence-corrected chi connectivity index (χ1v) is 14.8. The van der Waals surface area contributed by atoms with E-state index in [1.165, 1.54) is 5.56 Å². The van der Waals surface area contributed by atoms with Crippen molar-refractivity contribution in [1.29, 1.82) is 0 Å². The van der Waals surface area contributed by atoms with E-state index in [1.54, 1.807) is 6.20 Å². The van der Waals surface area contributed by atoms with Crippen LogP contribution in [0.3, 0.4) is 0 Å². The van der Waals surface area contributed by atoms with Gasteiger partial charge in [0.25, 0.3) is 0 Å². The summed E-state index contributed by atoms with van der Waals surface area (Å²) in [5.41, 5.74) is 4.33. The smallest absolute Gasteiger partial charge is 0.154 e. The number of aryl methyl sites for hydroxylation is 2. The van der Waals surface area contributed by atoms with E-state index in [0.29, 0.717) is 46.3 Å². The van der Waals surface area contributed by atoms with Gasteiger partial charge in [-0.15, -0.1) is 0 Å². The van der Waals surface area contributed by atoms with Gasteiger partial charge in [0, 0.05) is 29.2 Å². The Balaban J connectivity index is 1.26. The fourth-order valence-corrected chi connectivity index (χ4v) is 7.48. The number of aromatic nitrogens is 4. The van der Waals surface area contributed by atoms with Crippen LogP contribution in [0.5, 0.6) is 0 Å². The molecule has 3 aromatic rings. The number of likely N-dealkylation sites (tertiary alicyclic amines) is 1. The summed E-state index contributed by atoms with van der Waals surface area (Å²) in [7, 11) is -2.86. The molecule has 1 aromatic carbocycles. The molecule has 192 valence electrons. The van der Waals surface area contributed by atoms with Crippen LogP contribution in [0.25, 0.3) is 0 Å². The number of rotatable bonds is 6. The summed E-state index contributed by atoms with van der Waals surface area (Å²) in [6.07, 6.45) is 4.85. The molecule has 0 spiro atoms. The van der Waals surface area contributed by atoms with Gasteiger partial charge in [-0.05, 0) is 74.9 Å². The van der Waals surface area contributed by atoms with Gasteiger partial charge in [0.2, 0.25) is 0 Å². The molecule has 0 amide bonds. The number of halogens is 2. The third-order valence-corrected chi connectivity index (χ3v) is 9.60. The zero-order valence-electron chi connectivity index (χ0n) is 20.4. The molecule has 1 atom stereocenters. The maximum absolute atomic E-state index is 11.9. The minimum absolute atomic E-state index is 0.173. The first-order valence-electron chi connectivity index (χ1n) is 12.2. The van der Waals surface area contributed by atoms with Crippen LogP contribution in [0.4, 0.5) is 11.6 Å². The maximum Gasteiger partial charge on any atom is 0.154 e. The van der Waals surface area contributed by atoms with Crippen LogP contribution in [0.2, 0.25) is 10.0 Å². The van der Waals surface area contributed by atoms with Crippen molar-refractivity contribution in [2.75, 3.05) is 29.9 Å². The average Bonchev–Trinajstić information content (AvgIpc) is 3.42. The van der Waals surface area contributed by atoms with Crippen LogP contribution in [-0.4, -0.2) is 64.1 Å². The number of sulfone groups is 1. The molecule has 2 aromatic heterocycles. The van der Waals surface area contributed by atoms with Crippen LogP contribution < -0.4 is 5.32 Å². The lowest BCUT2D eigenvalue weighted by Crippen LogP contribution is -2.41. The highest BCUT2D eigenvalue weighted by molar-refractivity contribution is 7.91. The van der Waals surface area contributed by atoms with E-state index in [2.05, 4.69) is 43.4 Å². The van der Waals surface area contributed by atoms with Crippen molar-refractivity contribution in [2.45, 2.75) is 51.5 Å². The number of piperidine rings is 1. The first kappa shape index (κ1) is 25.4. The van der Waals surface area contributed by atoms with E-state index in [0.717, 1.165) is 54.2 Å². The molecule has 2 fully saturated rings. The Kier molecular flexibility index (Phi) is 7.27. The molecule has 8 nitrogen and oxygen atoms in total. The van der Waals surface area contributed by atoms with Crippen molar-refractivity contribution in [3.63, 3.8) is 0 Å². The lowest BCUT2D eigenvalue weighted by atomic mass is 9.86. The number of benzene rings is 1. The summed E-state index contributed by atoms with van der Waals surface area (Å²) in [5.74, 6) is 2.79. The third-order valence-electron chi connectivity index (χ3n) is 7.24. The van der Waals surface area contributed by atoms with Gasteiger partial charge in [-0.1, -0.05) is 29.3 Å². The Labute approximate surface area is 221 Å². The zero-order chi connectivity index (χ0) is 25.4. The maximum atomic E-state index is 11.9. The summed E-state index contributed by atoms with van der Waals surface area (Å²) in [6, 6.07) is 6.27. The lowest BCUT2D eigenvalue weighted by Gasteiger charge is -2.36. The van der Waals surface area contributed by atoms with Crippen LogP contribution in [0, 0.1) is 13.8 Å². The van der Waals surface area contributed by atoms with E-state index < -0.39 is 9.84 Å². The number of H-pyrrole nitrogens is 1. The highest BCUT2D eigenvalue weighted by Crippen LogP contribution is 2.36. The molecule has 0 radical (unpaired) electrons. The number of aromatic amines is 1. The van der Waals surface area contributed by atoms with Crippen molar-refractivity contribution < 1.29 is 8.42 Å². The molecule has 2 saturated heterocycles. The molecule has 1 unspecified atom stereocenters. The molecule has 4 heterocycles. The minimum Gasteiger partial charge on any atom is -0.322 e. The second kappa shape index (κ2) is 10.3. The molecule has 5 rings (SSSR count). The van der Waals surface area contributed by atoms with Gasteiger partial charge < -0.3 is 5.32 Å². The summed E-state index contributed by atoms with van der Waals surface area (Å²) in [5, 5.41) is 11.4. The second-order valence-corrected chi connectivity index (χ2v) is 12.9. The van der Waals surface area contributed by atoms with E-state index in [9.17, 15) is 8.42 Å². The topological polar surface area (TPSA) is 104 Å². The third kappa shape index (κ3) is 5.69. The Morgan fingerprint density at radius 1 is 1.11 bits per heavy atom. The second-order valence-electron chi connectivity index (χ2n) is 9.89. The summed E-state index contributed by atoms with van der Waals surface area (Å²) >= 11 is 13.1. The quantitative estimate of drug-likeness (QED) is 0.454. The molecule has 11 heteroatoms. The Bertz CT molecular complexity index is 1370. The standard InChI is InChI=1S/C25H30Cl2N6O2S/c1-15-9-20(17-3-6-33(7-4-17)19-5-8-36(34,35)14-19)21(26)11-18(15)12-23-28-13-22(27)25(29-23)30-24-10-16(2)31-32-24/h9-11,13,17,19H,3-8,12,14H2,1-2H3,(H2,28,29,30,31,32). The molecule has 0 saturated carbocycles. The van der Waals surface area contributed by atoms with Crippen LogP contribution in [0.15, 0.2) is 24.4 Å². The van der Waals surface area contributed by atoms with Gasteiger partial charge in [0.1, 0.15) is 10.8 Å². The number of anilines is 2. The summed E-state index contributed by atoms with van der Waals surface area (Å²) < 4.78 is 23.7. The Hall–Kier alpha value is -2.20. The molecular weight excluding hydrogens is 519 g/mol. The van der Waals surface area contributed by atoms with Gasteiger partial charge in [-0.25, -0.2) is 18.4 Å². The van der Waals surface area contributed by atoms with E-state index in [4.69, 9.17) is 23.2 Å². The van der Waals surface area contributed by atoms with Crippen molar-refractivity contribution >= 4 is 44.7 Å². The highest BCUT2D eigenvalue weighted by atomic mass is 35.5. The van der Waals surface area contributed by atoms with E-state index in [-0.39, 0.29) is 6.04 Å². The summed E-state index contributed by atoms with van der Waals surface area (Å²) in [6.45, 7) is 5.83. The van der Waals surface area contributed by atoms with Crippen molar-refractivity contribution in [1.82, 2.24) is 25.1 Å². The van der Waals surface area contributed by atoms with Crippen LogP contribution >= 0.6 is 23.2 Å². The number of hydrogen-bond donors (Lipinski definition) is 2. The van der Waals surface area contributed by atoms with Crippen LogP contribution in [-0.2, 0) is 16.3 Å². The summed E-state index contributed by atoms with van der Waals surface area (Å²) in [4.78, 5) is 11.4. The van der Waals surface area contributed by atoms with Gasteiger partial charge in [0.05, 0.1) is 17.7 Å². The minimum atomic E-state index is -2.86. The molecule has 2 aliphatic rings. The molecule has 2 N–H and O–H groups in total. The van der Waals surface area contributed by atoms with Gasteiger partial charge >= 0.3 is 0 Å². The number of nitrogens with zero attached hydrogens (tertiary/aromatic N) is 4. The SMILES string of the molecule is Cc1cc(Nc2nc(Cc3cc(Cl)c(C4CCN(C5CCS(=O)(=O)C5)CC4)cc3C)ncc2Cl)n[nH]1. The largest absolute Gasteiger partial charge is 0.322 e. The fourth-order valence-electron chi connectivity index (χ4n) is 5.24. The molecule has 0 bridgehead atoms. The van der Waals surface area contributed by atoms with E-state index in [1.807, 2.05) is 19.1 Å². The Morgan fingerprint density at radius 3 is 2.56 bits per heavy atom. The first-order chi connectivity index (χ1) is 17.2. The van der Waals surface area contributed by atoms with Crippen molar-refractivity contribution in [3.05, 3.63) is 62.6 Å². The number of nitrogens with one attached hydrogen (secondary N) is 2. The van der Waals surface area contributed by atoms with Crippen molar-refractivity contribution in [3.8, 4) is 0 Å². The number of hydrogen-bond acceptors (Lipinski definition) is 7. The molecule has 2 aliphatic heterocycles. The van der Waals surface area contributed by atoms with E-state index >= 15 is 0 Å². The molecule has 36 heavy (non-hydrogen) atoms. The lowest BCUT2D eigenvalue weighted by molar-refractivity contribution is 0.165. The molecule has 0 aliphatic carbocycles. The monoisotopic (exact) mass is 548 g/mol. The van der Waals surface area contributed by atoms with Crippen molar-refractivity contribution in [2.24, 2.45) is 0 Å². The average molecular weight is 550 g/mol. The predicted molar refractivity (Wildman–Crippen MR) is 143 cm³/mol. The zero-order valence-corrected chi connectivity index (χ0v) is 22.7. The molecular formula is C25H30Cl2N6O2S. The predicted octanol–water partition coefficient (Wildman–Crippen LogP) is 4.82. The van der Waals surface area contributed by atoms with Gasteiger partial charge in [-0.3, -0.25) is 10.00 Å². The Morgan fingerprint density at radius 2 is 1.89 bits per heavy atom. The van der Waals surface area contributed by atoms with Gasteiger partial charge in [-0.2, -0.15) is 5.10 Å². The highest BCUT2D eigenvalue weighted by Gasteiger charge is 2.34.